The third-order valence-electron chi connectivity index (χ3n) is 1.99. The van der Waals surface area contributed by atoms with Gasteiger partial charge < -0.3 is 5.32 Å². The van der Waals surface area contributed by atoms with Crippen LogP contribution in [0.25, 0.3) is 0 Å². The van der Waals surface area contributed by atoms with E-state index in [2.05, 4.69) is 5.32 Å². The monoisotopic (exact) mass is 207 g/mol. The molecule has 0 spiro atoms. The predicted molar refractivity (Wildman–Crippen MR) is 51.1 cm³/mol. The Morgan fingerprint density at radius 3 is 2.85 bits per heavy atom. The van der Waals surface area contributed by atoms with E-state index in [1.807, 2.05) is 6.92 Å². The molecule has 0 aromatic heterocycles. The lowest BCUT2D eigenvalue weighted by molar-refractivity contribution is 0.174. The molecule has 1 rings (SSSR count). The first-order valence-corrected chi connectivity index (χ1v) is 6.33. The van der Waals surface area contributed by atoms with Gasteiger partial charge >= 0.3 is 0 Å². The molecule has 13 heavy (non-hydrogen) atoms. The Bertz CT molecular complexity index is 232. The molecule has 0 aromatic rings. The van der Waals surface area contributed by atoms with Crippen molar-refractivity contribution in [3.05, 3.63) is 0 Å². The van der Waals surface area contributed by atoms with Crippen LogP contribution in [0.5, 0.6) is 0 Å². The molecule has 0 bridgehead atoms. The first kappa shape index (κ1) is 10.9. The highest BCUT2D eigenvalue weighted by atomic mass is 32.2. The SMILES string of the molecule is CCCS(=O)(=O)OC1CCCNC1. The van der Waals surface area contributed by atoms with Crippen LogP contribution in [0.1, 0.15) is 26.2 Å². The standard InChI is InChI=1S/C8H17NO3S/c1-2-6-13(10,11)12-8-4-3-5-9-7-8/h8-9H,2-7H2,1H3. The second-order valence-corrected chi connectivity index (χ2v) is 5.04. The minimum Gasteiger partial charge on any atom is -0.314 e. The highest BCUT2D eigenvalue weighted by molar-refractivity contribution is 7.86. The van der Waals surface area contributed by atoms with E-state index in [1.54, 1.807) is 0 Å². The highest BCUT2D eigenvalue weighted by Gasteiger charge is 2.20. The summed E-state index contributed by atoms with van der Waals surface area (Å²) in [4.78, 5) is 0. The van der Waals surface area contributed by atoms with Gasteiger partial charge in [-0.3, -0.25) is 4.18 Å². The average Bonchev–Trinajstić information content (AvgIpc) is 2.04. The predicted octanol–water partition coefficient (Wildman–Crippen LogP) is 0.495. The van der Waals surface area contributed by atoms with E-state index in [4.69, 9.17) is 4.18 Å². The molecular formula is C8H17NO3S. The van der Waals surface area contributed by atoms with Crippen molar-refractivity contribution >= 4 is 10.1 Å². The second kappa shape index (κ2) is 4.93. The quantitative estimate of drug-likeness (QED) is 0.682. The number of nitrogens with one attached hydrogen (secondary N) is 1. The molecule has 0 saturated carbocycles. The topological polar surface area (TPSA) is 55.4 Å². The number of rotatable bonds is 4. The van der Waals surface area contributed by atoms with Crippen molar-refractivity contribution in [3.63, 3.8) is 0 Å². The first-order chi connectivity index (χ1) is 6.14. The van der Waals surface area contributed by atoms with Gasteiger partial charge in [-0.25, -0.2) is 0 Å². The van der Waals surface area contributed by atoms with Gasteiger partial charge in [0.1, 0.15) is 0 Å². The first-order valence-electron chi connectivity index (χ1n) is 4.76. The van der Waals surface area contributed by atoms with Crippen LogP contribution in [-0.4, -0.2) is 33.4 Å². The van der Waals surface area contributed by atoms with Crippen molar-refractivity contribution in [2.45, 2.75) is 32.3 Å². The zero-order chi connectivity index (χ0) is 9.73. The van der Waals surface area contributed by atoms with Crippen molar-refractivity contribution in [2.24, 2.45) is 0 Å². The molecule has 4 nitrogen and oxygen atoms in total. The Morgan fingerprint density at radius 1 is 1.54 bits per heavy atom. The van der Waals surface area contributed by atoms with E-state index < -0.39 is 10.1 Å². The fourth-order valence-electron chi connectivity index (χ4n) is 1.41. The summed E-state index contributed by atoms with van der Waals surface area (Å²) >= 11 is 0. The zero-order valence-electron chi connectivity index (χ0n) is 7.95. The lowest BCUT2D eigenvalue weighted by atomic mass is 10.1. The molecule has 0 amide bonds. The maximum atomic E-state index is 11.2. The Morgan fingerprint density at radius 2 is 2.31 bits per heavy atom. The largest absolute Gasteiger partial charge is 0.314 e. The Kier molecular flexibility index (Phi) is 4.15. The smallest absolute Gasteiger partial charge is 0.267 e. The minimum atomic E-state index is -3.27. The molecule has 0 radical (unpaired) electrons. The summed E-state index contributed by atoms with van der Waals surface area (Å²) in [6.07, 6.45) is 2.30. The third-order valence-corrected chi connectivity index (χ3v) is 3.46. The summed E-state index contributed by atoms with van der Waals surface area (Å²) in [5, 5.41) is 3.11. The summed E-state index contributed by atoms with van der Waals surface area (Å²) in [7, 11) is -3.27. The van der Waals surface area contributed by atoms with Gasteiger partial charge in [-0.1, -0.05) is 6.92 Å². The van der Waals surface area contributed by atoms with Crippen molar-refractivity contribution in [1.82, 2.24) is 5.32 Å². The van der Waals surface area contributed by atoms with Gasteiger partial charge in [0.05, 0.1) is 11.9 Å². The van der Waals surface area contributed by atoms with E-state index in [-0.39, 0.29) is 11.9 Å². The lowest BCUT2D eigenvalue weighted by Crippen LogP contribution is -2.37. The third kappa shape index (κ3) is 4.06. The molecule has 1 aliphatic heterocycles. The van der Waals surface area contributed by atoms with Gasteiger partial charge in [0.25, 0.3) is 10.1 Å². The molecule has 0 aromatic carbocycles. The van der Waals surface area contributed by atoms with Crippen LogP contribution in [0.4, 0.5) is 0 Å². The van der Waals surface area contributed by atoms with Gasteiger partial charge in [-0.15, -0.1) is 0 Å². The fraction of sp³-hybridized carbons (Fsp3) is 1.00. The van der Waals surface area contributed by atoms with E-state index in [0.717, 1.165) is 19.4 Å². The van der Waals surface area contributed by atoms with Crippen LogP contribution in [0.2, 0.25) is 0 Å². The normalized spacial score (nSPS) is 24.5. The van der Waals surface area contributed by atoms with Crippen molar-refractivity contribution in [1.29, 1.82) is 0 Å². The number of piperidine rings is 1. The molecule has 1 N–H and O–H groups in total. The average molecular weight is 207 g/mol. The van der Waals surface area contributed by atoms with Crippen LogP contribution >= 0.6 is 0 Å². The molecular weight excluding hydrogens is 190 g/mol. The fourth-order valence-corrected chi connectivity index (χ4v) is 2.58. The lowest BCUT2D eigenvalue weighted by Gasteiger charge is -2.22. The van der Waals surface area contributed by atoms with Crippen LogP contribution in [-0.2, 0) is 14.3 Å². The van der Waals surface area contributed by atoms with Gasteiger partial charge in [-0.2, -0.15) is 8.42 Å². The Hall–Kier alpha value is -0.130. The summed E-state index contributed by atoms with van der Waals surface area (Å²) < 4.78 is 27.5. The molecule has 78 valence electrons. The van der Waals surface area contributed by atoms with E-state index in [1.165, 1.54) is 0 Å². The molecule has 1 heterocycles. The van der Waals surface area contributed by atoms with E-state index >= 15 is 0 Å². The van der Waals surface area contributed by atoms with Crippen LogP contribution in [0.15, 0.2) is 0 Å². The van der Waals surface area contributed by atoms with Crippen molar-refractivity contribution in [2.75, 3.05) is 18.8 Å². The Balaban J connectivity index is 2.37. The zero-order valence-corrected chi connectivity index (χ0v) is 8.77. The van der Waals surface area contributed by atoms with Gasteiger partial charge in [0.2, 0.25) is 0 Å². The number of hydrogen-bond acceptors (Lipinski definition) is 4. The van der Waals surface area contributed by atoms with Gasteiger partial charge in [-0.05, 0) is 25.8 Å². The molecule has 1 fully saturated rings. The summed E-state index contributed by atoms with van der Waals surface area (Å²) in [6.45, 7) is 3.46. The second-order valence-electron chi connectivity index (χ2n) is 3.33. The molecule has 1 unspecified atom stereocenters. The summed E-state index contributed by atoms with van der Waals surface area (Å²) in [5.74, 6) is 0.128. The minimum absolute atomic E-state index is 0.128. The van der Waals surface area contributed by atoms with Crippen LogP contribution in [0, 0.1) is 0 Å². The molecule has 1 aliphatic rings. The maximum absolute atomic E-state index is 11.2. The molecule has 1 saturated heterocycles. The molecule has 5 heteroatoms. The van der Waals surface area contributed by atoms with E-state index in [0.29, 0.717) is 13.0 Å². The maximum Gasteiger partial charge on any atom is 0.267 e. The van der Waals surface area contributed by atoms with Gasteiger partial charge in [0.15, 0.2) is 0 Å². The Labute approximate surface area is 79.8 Å². The highest BCUT2D eigenvalue weighted by Crippen LogP contribution is 2.10. The van der Waals surface area contributed by atoms with E-state index in [9.17, 15) is 8.42 Å². The summed E-state index contributed by atoms with van der Waals surface area (Å²) in [6, 6.07) is 0. The molecule has 1 atom stereocenters. The number of hydrogen-bond donors (Lipinski definition) is 1. The van der Waals surface area contributed by atoms with Crippen molar-refractivity contribution < 1.29 is 12.6 Å². The van der Waals surface area contributed by atoms with Crippen molar-refractivity contribution in [3.8, 4) is 0 Å². The van der Waals surface area contributed by atoms with Crippen LogP contribution in [0.3, 0.4) is 0 Å². The van der Waals surface area contributed by atoms with Crippen LogP contribution < -0.4 is 5.32 Å². The molecule has 0 aliphatic carbocycles. The summed E-state index contributed by atoms with van der Waals surface area (Å²) in [5.41, 5.74) is 0. The van der Waals surface area contributed by atoms with Gasteiger partial charge in [0, 0.05) is 6.54 Å².